The number of carbonyl (C=O) groups excluding carboxylic acids is 3. The lowest BCUT2D eigenvalue weighted by Crippen LogP contribution is -2.54. The molecular weight excluding hydrogens is 413 g/mol. The smallest absolute Gasteiger partial charge is 0.336 e. The summed E-state index contributed by atoms with van der Waals surface area (Å²) in [5.41, 5.74) is 2.51. The molecule has 0 saturated carbocycles. The van der Waals surface area contributed by atoms with Crippen LogP contribution in [0, 0.1) is 6.92 Å². The van der Waals surface area contributed by atoms with Crippen molar-refractivity contribution in [2.24, 2.45) is 7.05 Å². The number of rotatable bonds is 2. The molecule has 4 amide bonds. The van der Waals surface area contributed by atoms with E-state index in [2.05, 4.69) is 5.32 Å². The summed E-state index contributed by atoms with van der Waals surface area (Å²) in [6.07, 6.45) is 1.51. The Kier molecular flexibility index (Phi) is 4.68. The molecule has 6 nitrogen and oxygen atoms in total. The Morgan fingerprint density at radius 2 is 1.72 bits per heavy atom. The third kappa shape index (κ3) is 3.01. The van der Waals surface area contributed by atoms with Crippen molar-refractivity contribution < 1.29 is 14.4 Å². The Morgan fingerprint density at radius 3 is 2.48 bits per heavy atom. The van der Waals surface area contributed by atoms with Crippen molar-refractivity contribution in [3.63, 3.8) is 0 Å². The van der Waals surface area contributed by atoms with Crippen LogP contribution in [0.4, 0.5) is 10.5 Å². The van der Waals surface area contributed by atoms with Gasteiger partial charge in [0.1, 0.15) is 5.57 Å². The minimum absolute atomic E-state index is 0.0488. The van der Waals surface area contributed by atoms with E-state index in [0.717, 1.165) is 27.1 Å². The lowest BCUT2D eigenvalue weighted by Gasteiger charge is -2.27. The summed E-state index contributed by atoms with van der Waals surface area (Å²) >= 11 is 12.2. The van der Waals surface area contributed by atoms with Crippen molar-refractivity contribution in [3.8, 4) is 0 Å². The summed E-state index contributed by atoms with van der Waals surface area (Å²) in [6, 6.07) is 11.4. The summed E-state index contributed by atoms with van der Waals surface area (Å²) in [5.74, 6) is -1.53. The molecule has 1 N–H and O–H groups in total. The number of carbonyl (C=O) groups is 3. The van der Waals surface area contributed by atoms with E-state index < -0.39 is 17.8 Å². The molecule has 8 heteroatoms. The Balaban J connectivity index is 1.88. The number of anilines is 1. The number of fused-ring (bicyclic) bond motifs is 1. The van der Waals surface area contributed by atoms with Crippen LogP contribution in [0.3, 0.4) is 0 Å². The van der Waals surface area contributed by atoms with Gasteiger partial charge in [0, 0.05) is 29.2 Å². The van der Waals surface area contributed by atoms with Gasteiger partial charge in [0.15, 0.2) is 0 Å². The summed E-state index contributed by atoms with van der Waals surface area (Å²) in [4.78, 5) is 38.8. The monoisotopic (exact) mass is 427 g/mol. The van der Waals surface area contributed by atoms with E-state index in [4.69, 9.17) is 23.2 Å². The van der Waals surface area contributed by atoms with E-state index in [1.165, 1.54) is 12.1 Å². The first-order valence-electron chi connectivity index (χ1n) is 8.70. The molecule has 29 heavy (non-hydrogen) atoms. The van der Waals surface area contributed by atoms with Crippen LogP contribution in [0.25, 0.3) is 17.0 Å². The zero-order chi connectivity index (χ0) is 20.9. The van der Waals surface area contributed by atoms with E-state index in [-0.39, 0.29) is 21.3 Å². The molecule has 146 valence electrons. The SMILES string of the molecule is Cc1c(C=C2C(=O)NC(=O)N(c3cccc(Cl)c3Cl)C2=O)c2ccccc2n1C. The third-order valence-electron chi connectivity index (χ3n) is 5.01. The van der Waals surface area contributed by atoms with Crippen LogP contribution in [0.5, 0.6) is 0 Å². The van der Waals surface area contributed by atoms with Crippen LogP contribution in [0.15, 0.2) is 48.0 Å². The van der Waals surface area contributed by atoms with E-state index in [1.807, 2.05) is 42.8 Å². The molecule has 1 aromatic heterocycles. The average molecular weight is 428 g/mol. The Labute approximate surface area is 176 Å². The van der Waals surface area contributed by atoms with Gasteiger partial charge in [-0.15, -0.1) is 0 Å². The number of nitrogens with one attached hydrogen (secondary N) is 1. The number of nitrogens with zero attached hydrogens (tertiary/aromatic N) is 2. The Bertz CT molecular complexity index is 1240. The van der Waals surface area contributed by atoms with Crippen LogP contribution in [0.2, 0.25) is 10.0 Å². The highest BCUT2D eigenvalue weighted by atomic mass is 35.5. The molecule has 0 bridgehead atoms. The number of benzene rings is 2. The van der Waals surface area contributed by atoms with Crippen molar-refractivity contribution >= 4 is 63.7 Å². The fourth-order valence-electron chi connectivity index (χ4n) is 3.42. The van der Waals surface area contributed by atoms with Crippen molar-refractivity contribution in [2.45, 2.75) is 6.92 Å². The van der Waals surface area contributed by atoms with Crippen molar-refractivity contribution in [3.05, 3.63) is 69.3 Å². The highest BCUT2D eigenvalue weighted by Crippen LogP contribution is 2.35. The number of aromatic nitrogens is 1. The number of amides is 4. The predicted octanol–water partition coefficient (Wildman–Crippen LogP) is 4.46. The van der Waals surface area contributed by atoms with Gasteiger partial charge in [-0.1, -0.05) is 47.5 Å². The molecule has 1 aliphatic rings. The Morgan fingerprint density at radius 1 is 1.00 bits per heavy atom. The second-order valence-electron chi connectivity index (χ2n) is 6.61. The number of hydrogen-bond acceptors (Lipinski definition) is 3. The zero-order valence-corrected chi connectivity index (χ0v) is 17.0. The van der Waals surface area contributed by atoms with Crippen LogP contribution >= 0.6 is 23.2 Å². The largest absolute Gasteiger partial charge is 0.347 e. The molecule has 0 radical (unpaired) electrons. The van der Waals surface area contributed by atoms with Gasteiger partial charge in [-0.05, 0) is 31.2 Å². The summed E-state index contributed by atoms with van der Waals surface area (Å²) in [7, 11) is 1.91. The minimum Gasteiger partial charge on any atom is -0.347 e. The van der Waals surface area contributed by atoms with E-state index >= 15 is 0 Å². The number of urea groups is 1. The van der Waals surface area contributed by atoms with Crippen molar-refractivity contribution in [2.75, 3.05) is 4.90 Å². The van der Waals surface area contributed by atoms with Gasteiger partial charge >= 0.3 is 6.03 Å². The molecule has 4 rings (SSSR count). The molecule has 1 aliphatic heterocycles. The highest BCUT2D eigenvalue weighted by molar-refractivity contribution is 6.46. The first-order valence-corrected chi connectivity index (χ1v) is 9.46. The molecule has 0 aliphatic carbocycles. The lowest BCUT2D eigenvalue weighted by molar-refractivity contribution is -0.122. The quantitative estimate of drug-likeness (QED) is 0.484. The highest BCUT2D eigenvalue weighted by Gasteiger charge is 2.38. The fraction of sp³-hybridized carbons (Fsp3) is 0.0952. The zero-order valence-electron chi connectivity index (χ0n) is 15.5. The summed E-state index contributed by atoms with van der Waals surface area (Å²) in [6.45, 7) is 1.90. The van der Waals surface area contributed by atoms with Crippen molar-refractivity contribution in [1.82, 2.24) is 9.88 Å². The van der Waals surface area contributed by atoms with Crippen LogP contribution in [-0.4, -0.2) is 22.4 Å². The summed E-state index contributed by atoms with van der Waals surface area (Å²) in [5, 5.41) is 3.33. The Hall–Kier alpha value is -3.09. The second-order valence-corrected chi connectivity index (χ2v) is 7.39. The molecule has 1 fully saturated rings. The van der Waals surface area contributed by atoms with Gasteiger partial charge in [0.05, 0.1) is 15.7 Å². The maximum Gasteiger partial charge on any atom is 0.336 e. The maximum atomic E-state index is 13.1. The lowest BCUT2D eigenvalue weighted by atomic mass is 10.0. The number of halogens is 2. The molecule has 2 aromatic carbocycles. The van der Waals surface area contributed by atoms with Gasteiger partial charge in [0.25, 0.3) is 11.8 Å². The number of hydrogen-bond donors (Lipinski definition) is 1. The number of aryl methyl sites for hydroxylation is 1. The fourth-order valence-corrected chi connectivity index (χ4v) is 3.80. The molecule has 3 aromatic rings. The molecule has 0 unspecified atom stereocenters. The summed E-state index contributed by atoms with van der Waals surface area (Å²) < 4.78 is 1.98. The minimum atomic E-state index is -0.879. The van der Waals surface area contributed by atoms with Crippen LogP contribution in [0.1, 0.15) is 11.3 Å². The number of barbiturate groups is 1. The molecule has 1 saturated heterocycles. The van der Waals surface area contributed by atoms with Gasteiger partial charge in [-0.2, -0.15) is 0 Å². The predicted molar refractivity (Wildman–Crippen MR) is 113 cm³/mol. The van der Waals surface area contributed by atoms with Crippen molar-refractivity contribution in [1.29, 1.82) is 0 Å². The van der Waals surface area contributed by atoms with Crippen LogP contribution < -0.4 is 10.2 Å². The molecule has 0 atom stereocenters. The van der Waals surface area contributed by atoms with E-state index in [1.54, 1.807) is 12.1 Å². The van der Waals surface area contributed by atoms with E-state index in [9.17, 15) is 14.4 Å². The first kappa shape index (κ1) is 19.2. The molecule has 2 heterocycles. The van der Waals surface area contributed by atoms with Gasteiger partial charge in [-0.3, -0.25) is 14.9 Å². The average Bonchev–Trinajstić information content (AvgIpc) is 2.93. The normalized spacial score (nSPS) is 16.1. The first-order chi connectivity index (χ1) is 13.8. The second kappa shape index (κ2) is 7.06. The number of imide groups is 2. The van der Waals surface area contributed by atoms with Gasteiger partial charge in [0.2, 0.25) is 0 Å². The third-order valence-corrected chi connectivity index (χ3v) is 5.82. The van der Waals surface area contributed by atoms with Gasteiger partial charge in [-0.25, -0.2) is 9.69 Å². The topological polar surface area (TPSA) is 71.4 Å². The van der Waals surface area contributed by atoms with E-state index in [0.29, 0.717) is 0 Å². The maximum absolute atomic E-state index is 13.1. The number of para-hydroxylation sites is 1. The standard InChI is InChI=1S/C21H15Cl2N3O3/c1-11-13(12-6-3-4-8-16(12)25(11)2)10-14-19(27)24-21(29)26(20(14)28)17-9-5-7-15(22)18(17)23/h3-10H,1-2H3,(H,24,27,29). The molecule has 0 spiro atoms. The van der Waals surface area contributed by atoms with Crippen LogP contribution in [-0.2, 0) is 16.6 Å². The molecular formula is C21H15Cl2N3O3. The van der Waals surface area contributed by atoms with Gasteiger partial charge < -0.3 is 4.57 Å².